The van der Waals surface area contributed by atoms with Gasteiger partial charge in [-0.2, -0.15) is 0 Å². The first kappa shape index (κ1) is 15.3. The zero-order chi connectivity index (χ0) is 13.1. The highest BCUT2D eigenvalue weighted by atomic mass is 35.5. The molecule has 1 aliphatic carbocycles. The van der Waals surface area contributed by atoms with Crippen LogP contribution in [0.15, 0.2) is 0 Å². The molecule has 1 aliphatic rings. The Bertz CT molecular complexity index is 219. The van der Waals surface area contributed by atoms with Gasteiger partial charge in [-0.3, -0.25) is 0 Å². The minimum Gasteiger partial charge on any atom is -0.376 e. The van der Waals surface area contributed by atoms with Crippen molar-refractivity contribution in [1.82, 2.24) is 0 Å². The molecule has 0 heterocycles. The Morgan fingerprint density at radius 2 is 1.88 bits per heavy atom. The fraction of sp³-hybridized carbons (Fsp3) is 1.00. The van der Waals surface area contributed by atoms with Crippen LogP contribution in [-0.2, 0) is 4.74 Å². The van der Waals surface area contributed by atoms with E-state index in [1.807, 2.05) is 0 Å². The van der Waals surface area contributed by atoms with E-state index in [9.17, 15) is 0 Å². The van der Waals surface area contributed by atoms with Crippen molar-refractivity contribution in [3.63, 3.8) is 0 Å². The van der Waals surface area contributed by atoms with Gasteiger partial charge in [0.2, 0.25) is 0 Å². The molecule has 1 fully saturated rings. The molecule has 1 nitrogen and oxygen atoms in total. The number of rotatable bonds is 4. The Hall–Kier alpha value is 0.250. The van der Waals surface area contributed by atoms with Gasteiger partial charge in [0, 0.05) is 12.0 Å². The van der Waals surface area contributed by atoms with Crippen molar-refractivity contribution in [2.45, 2.75) is 71.3 Å². The van der Waals surface area contributed by atoms with E-state index < -0.39 is 0 Å². The van der Waals surface area contributed by atoms with Crippen LogP contribution in [0.4, 0.5) is 0 Å². The average molecular weight is 261 g/mol. The van der Waals surface area contributed by atoms with Crippen LogP contribution in [0.5, 0.6) is 0 Å². The third kappa shape index (κ3) is 5.61. The summed E-state index contributed by atoms with van der Waals surface area (Å²) in [6.45, 7) is 11.9. The Kier molecular flexibility index (Phi) is 5.79. The highest BCUT2D eigenvalue weighted by Crippen LogP contribution is 2.38. The third-order valence-electron chi connectivity index (χ3n) is 3.90. The Labute approximate surface area is 112 Å². The molecule has 0 spiro atoms. The Morgan fingerprint density at radius 1 is 1.24 bits per heavy atom. The maximum absolute atomic E-state index is 6.45. The van der Waals surface area contributed by atoms with E-state index in [-0.39, 0.29) is 5.60 Å². The fourth-order valence-corrected chi connectivity index (χ4v) is 3.04. The first-order valence-corrected chi connectivity index (χ1v) is 7.51. The van der Waals surface area contributed by atoms with Crippen molar-refractivity contribution in [2.75, 3.05) is 6.61 Å². The van der Waals surface area contributed by atoms with E-state index in [1.54, 1.807) is 0 Å². The molecule has 1 rings (SSSR count). The molecule has 0 aromatic carbocycles. The summed E-state index contributed by atoms with van der Waals surface area (Å²) in [7, 11) is 0. The summed E-state index contributed by atoms with van der Waals surface area (Å²) in [6.07, 6.45) is 4.90. The topological polar surface area (TPSA) is 9.23 Å². The largest absolute Gasteiger partial charge is 0.376 e. The van der Waals surface area contributed by atoms with Crippen molar-refractivity contribution in [1.29, 1.82) is 0 Å². The van der Waals surface area contributed by atoms with Crippen molar-refractivity contribution in [3.8, 4) is 0 Å². The molecule has 0 amide bonds. The average Bonchev–Trinajstić information content (AvgIpc) is 2.18. The van der Waals surface area contributed by atoms with Crippen molar-refractivity contribution in [2.24, 2.45) is 17.8 Å². The predicted octanol–water partition coefficient (Wildman–Crippen LogP) is 4.87. The standard InChI is InChI=1S/C15H29ClO/c1-11(2)12-6-7-14(16)13(10-12)8-9-17-15(3,4)5/h11-14H,6-10H2,1-5H3. The molecule has 17 heavy (non-hydrogen) atoms. The molecule has 1 saturated carbocycles. The van der Waals surface area contributed by atoms with E-state index in [4.69, 9.17) is 16.3 Å². The maximum Gasteiger partial charge on any atom is 0.0598 e. The summed E-state index contributed by atoms with van der Waals surface area (Å²) in [5.74, 6) is 2.31. The van der Waals surface area contributed by atoms with Crippen LogP contribution in [0.25, 0.3) is 0 Å². The van der Waals surface area contributed by atoms with E-state index in [0.29, 0.717) is 11.3 Å². The van der Waals surface area contributed by atoms with Crippen LogP contribution in [0.3, 0.4) is 0 Å². The lowest BCUT2D eigenvalue weighted by Crippen LogP contribution is -2.30. The molecule has 3 unspecified atom stereocenters. The number of alkyl halides is 1. The molecule has 0 bridgehead atoms. The number of halogens is 1. The van der Waals surface area contributed by atoms with Gasteiger partial charge < -0.3 is 4.74 Å². The van der Waals surface area contributed by atoms with E-state index in [2.05, 4.69) is 34.6 Å². The molecule has 0 N–H and O–H groups in total. The quantitative estimate of drug-likeness (QED) is 0.655. The molecule has 3 atom stereocenters. The van der Waals surface area contributed by atoms with Crippen LogP contribution < -0.4 is 0 Å². The molecule has 0 saturated heterocycles. The first-order valence-electron chi connectivity index (χ1n) is 7.07. The molecule has 0 aromatic heterocycles. The normalized spacial score (nSPS) is 30.9. The second kappa shape index (κ2) is 6.43. The maximum atomic E-state index is 6.45. The van der Waals surface area contributed by atoms with Gasteiger partial charge in [-0.05, 0) is 64.2 Å². The number of hydrogen-bond donors (Lipinski definition) is 0. The summed E-state index contributed by atoms with van der Waals surface area (Å²) in [5, 5.41) is 0.369. The smallest absolute Gasteiger partial charge is 0.0598 e. The molecular formula is C15H29ClO. The molecule has 0 aliphatic heterocycles. The van der Waals surface area contributed by atoms with Crippen LogP contribution in [0.2, 0.25) is 0 Å². The highest BCUT2D eigenvalue weighted by molar-refractivity contribution is 6.20. The van der Waals surface area contributed by atoms with Gasteiger partial charge in [0.15, 0.2) is 0 Å². The molecule has 2 heteroatoms. The number of hydrogen-bond acceptors (Lipinski definition) is 1. The van der Waals surface area contributed by atoms with Gasteiger partial charge in [-0.25, -0.2) is 0 Å². The summed E-state index contributed by atoms with van der Waals surface area (Å²) >= 11 is 6.45. The van der Waals surface area contributed by atoms with E-state index in [0.717, 1.165) is 24.9 Å². The zero-order valence-corrected chi connectivity index (χ0v) is 12.9. The third-order valence-corrected chi connectivity index (χ3v) is 4.47. The number of ether oxygens (including phenoxy) is 1. The van der Waals surface area contributed by atoms with Crippen molar-refractivity contribution >= 4 is 11.6 Å². The van der Waals surface area contributed by atoms with Gasteiger partial charge in [-0.1, -0.05) is 13.8 Å². The van der Waals surface area contributed by atoms with Crippen LogP contribution in [0.1, 0.15) is 60.3 Å². The van der Waals surface area contributed by atoms with Crippen molar-refractivity contribution in [3.05, 3.63) is 0 Å². The van der Waals surface area contributed by atoms with E-state index in [1.165, 1.54) is 19.3 Å². The van der Waals surface area contributed by atoms with Gasteiger partial charge in [0.1, 0.15) is 0 Å². The first-order chi connectivity index (χ1) is 7.79. The van der Waals surface area contributed by atoms with Crippen LogP contribution >= 0.6 is 11.6 Å². The highest BCUT2D eigenvalue weighted by Gasteiger charge is 2.30. The van der Waals surface area contributed by atoms with Crippen LogP contribution in [-0.4, -0.2) is 17.6 Å². The lowest BCUT2D eigenvalue weighted by Gasteiger charge is -2.35. The summed E-state index contributed by atoms with van der Waals surface area (Å²) in [5.41, 5.74) is -0.0199. The van der Waals surface area contributed by atoms with Crippen molar-refractivity contribution < 1.29 is 4.74 Å². The molecule has 0 aromatic rings. The Balaban J connectivity index is 2.35. The minimum absolute atomic E-state index is 0.0199. The molecule has 102 valence electrons. The lowest BCUT2D eigenvalue weighted by atomic mass is 9.75. The second-order valence-corrected chi connectivity index (χ2v) is 7.40. The summed E-state index contributed by atoms with van der Waals surface area (Å²) < 4.78 is 5.82. The van der Waals surface area contributed by atoms with Gasteiger partial charge in [0.25, 0.3) is 0 Å². The van der Waals surface area contributed by atoms with Crippen LogP contribution in [0, 0.1) is 17.8 Å². The van der Waals surface area contributed by atoms with Gasteiger partial charge in [0.05, 0.1) is 5.60 Å². The fourth-order valence-electron chi connectivity index (χ4n) is 2.68. The predicted molar refractivity (Wildman–Crippen MR) is 75.6 cm³/mol. The zero-order valence-electron chi connectivity index (χ0n) is 12.1. The monoisotopic (exact) mass is 260 g/mol. The minimum atomic E-state index is -0.0199. The molecule has 0 radical (unpaired) electrons. The van der Waals surface area contributed by atoms with Gasteiger partial charge in [-0.15, -0.1) is 11.6 Å². The summed E-state index contributed by atoms with van der Waals surface area (Å²) in [4.78, 5) is 0. The molecular weight excluding hydrogens is 232 g/mol. The Morgan fingerprint density at radius 3 is 2.41 bits per heavy atom. The lowest BCUT2D eigenvalue weighted by molar-refractivity contribution is -0.0125. The second-order valence-electron chi connectivity index (χ2n) is 6.84. The van der Waals surface area contributed by atoms with E-state index >= 15 is 0 Å². The van der Waals surface area contributed by atoms with Gasteiger partial charge >= 0.3 is 0 Å². The SMILES string of the molecule is CC(C)C1CCC(Cl)C(CCOC(C)(C)C)C1. The summed E-state index contributed by atoms with van der Waals surface area (Å²) in [6, 6.07) is 0.